The summed E-state index contributed by atoms with van der Waals surface area (Å²) in [4.78, 5) is 8.15. The molecule has 3 unspecified atom stereocenters. The fraction of sp³-hybridized carbons (Fsp3) is 0.500. The second-order valence-electron chi connectivity index (χ2n) is 5.09. The van der Waals surface area contributed by atoms with E-state index in [2.05, 4.69) is 9.97 Å². The van der Waals surface area contributed by atoms with Gasteiger partial charge in [0.1, 0.15) is 30.1 Å². The smallest absolute Gasteiger partial charge is 0.147 e. The number of rotatable bonds is 3. The maximum absolute atomic E-state index is 9.86. The zero-order valence-corrected chi connectivity index (χ0v) is 11.3. The molecular weight excluding hydrogens is 276 g/mol. The zero-order valence-electron chi connectivity index (χ0n) is 11.3. The summed E-state index contributed by atoms with van der Waals surface area (Å²) in [5.41, 5.74) is 18.6. The lowest BCUT2D eigenvalue weighted by molar-refractivity contribution is -0.0430. The second kappa shape index (κ2) is 5.20. The van der Waals surface area contributed by atoms with Gasteiger partial charge in [-0.2, -0.15) is 0 Å². The number of anilines is 1. The largest absolute Gasteiger partial charge is 0.394 e. The molecule has 9 nitrogen and oxygen atoms in total. The third-order valence-electron chi connectivity index (χ3n) is 3.72. The number of fused-ring (bicyclic) bond motifs is 1. The van der Waals surface area contributed by atoms with Crippen molar-refractivity contribution in [3.8, 4) is 0 Å². The summed E-state index contributed by atoms with van der Waals surface area (Å²) in [6, 6.07) is 0. The van der Waals surface area contributed by atoms with Gasteiger partial charge in [0.05, 0.1) is 24.3 Å². The van der Waals surface area contributed by atoms with E-state index in [1.54, 1.807) is 10.8 Å². The van der Waals surface area contributed by atoms with Crippen LogP contribution in [-0.2, 0) is 4.74 Å². The van der Waals surface area contributed by atoms with Crippen LogP contribution >= 0.6 is 0 Å². The Morgan fingerprint density at radius 2 is 2.19 bits per heavy atom. The molecular formula is C12H18N6O3. The Balaban J connectivity index is 2.10. The summed E-state index contributed by atoms with van der Waals surface area (Å²) in [5.74, 6) is 0.284. The number of hydrogen-bond acceptors (Lipinski definition) is 8. The lowest BCUT2D eigenvalue weighted by Gasteiger charge is -2.14. The van der Waals surface area contributed by atoms with Gasteiger partial charge in [-0.15, -0.1) is 0 Å². The second-order valence-corrected chi connectivity index (χ2v) is 5.09. The molecule has 3 heterocycles. The van der Waals surface area contributed by atoms with Gasteiger partial charge in [-0.25, -0.2) is 9.97 Å². The topological polar surface area (TPSA) is 158 Å². The summed E-state index contributed by atoms with van der Waals surface area (Å²) in [5, 5.41) is 19.6. The van der Waals surface area contributed by atoms with Crippen LogP contribution in [0.15, 0.2) is 12.5 Å². The molecule has 3 atom stereocenters. The van der Waals surface area contributed by atoms with E-state index in [1.165, 1.54) is 6.33 Å². The first kappa shape index (κ1) is 14.2. The van der Waals surface area contributed by atoms with Crippen LogP contribution in [0.25, 0.3) is 11.0 Å². The van der Waals surface area contributed by atoms with E-state index >= 15 is 0 Å². The molecule has 1 aliphatic heterocycles. The van der Waals surface area contributed by atoms with Gasteiger partial charge >= 0.3 is 0 Å². The number of aliphatic hydroxyl groups excluding tert-OH is 2. The standard InChI is InChI=1S/C12H18N6O3/c13-10(14)5-2-18(8-1-6(20)7(3-19)21-8)12-9(5)11(15)16-4-17-12/h2,4,6-8,10,19-20H,1,3,13-14H2,(H2,15,16,17). The van der Waals surface area contributed by atoms with E-state index in [1.807, 2.05) is 0 Å². The van der Waals surface area contributed by atoms with Crippen LogP contribution in [-0.4, -0.2) is 43.6 Å². The first-order chi connectivity index (χ1) is 10.0. The van der Waals surface area contributed by atoms with Crippen molar-refractivity contribution in [2.45, 2.75) is 31.0 Å². The molecule has 21 heavy (non-hydrogen) atoms. The Bertz CT molecular complexity index is 658. The number of hydrogen-bond donors (Lipinski definition) is 5. The van der Waals surface area contributed by atoms with Gasteiger partial charge in [0.2, 0.25) is 0 Å². The molecule has 0 spiro atoms. The highest BCUT2D eigenvalue weighted by Crippen LogP contribution is 2.34. The first-order valence-electron chi connectivity index (χ1n) is 6.59. The molecule has 1 saturated heterocycles. The lowest BCUT2D eigenvalue weighted by atomic mass is 10.2. The SMILES string of the molecule is Nc1ncnc2c1c(C(N)N)cn2C1CC(O)C(CO)O1. The number of ether oxygens (including phenoxy) is 1. The van der Waals surface area contributed by atoms with Crippen LogP contribution in [0.1, 0.15) is 24.4 Å². The van der Waals surface area contributed by atoms with Crippen molar-refractivity contribution in [2.24, 2.45) is 11.5 Å². The maximum atomic E-state index is 9.86. The molecule has 0 aliphatic carbocycles. The molecule has 2 aromatic rings. The Kier molecular flexibility index (Phi) is 3.51. The van der Waals surface area contributed by atoms with Gasteiger partial charge in [-0.1, -0.05) is 0 Å². The molecule has 114 valence electrons. The van der Waals surface area contributed by atoms with Gasteiger partial charge in [-0.05, 0) is 0 Å². The molecule has 1 fully saturated rings. The summed E-state index contributed by atoms with van der Waals surface area (Å²) in [6.45, 7) is -0.253. The van der Waals surface area contributed by atoms with Crippen molar-refractivity contribution >= 4 is 16.9 Å². The molecule has 0 aromatic carbocycles. The third kappa shape index (κ3) is 2.24. The van der Waals surface area contributed by atoms with Crippen LogP contribution in [0.3, 0.4) is 0 Å². The minimum absolute atomic E-state index is 0.253. The van der Waals surface area contributed by atoms with Crippen molar-refractivity contribution < 1.29 is 14.9 Å². The summed E-state index contributed by atoms with van der Waals surface area (Å²) in [7, 11) is 0. The van der Waals surface area contributed by atoms with E-state index in [4.69, 9.17) is 21.9 Å². The predicted octanol–water partition coefficient (Wildman–Crippen LogP) is -1.43. The molecule has 0 amide bonds. The fourth-order valence-corrected chi connectivity index (χ4v) is 2.66. The Morgan fingerprint density at radius 3 is 2.81 bits per heavy atom. The molecule has 1 aliphatic rings. The van der Waals surface area contributed by atoms with E-state index in [0.717, 1.165) is 0 Å². The average Bonchev–Trinajstić information content (AvgIpc) is 3.00. The summed E-state index contributed by atoms with van der Waals surface area (Å²) >= 11 is 0. The Hall–Kier alpha value is -1.78. The molecule has 3 rings (SSSR count). The molecule has 0 saturated carbocycles. The van der Waals surface area contributed by atoms with Crippen molar-refractivity contribution in [3.05, 3.63) is 18.1 Å². The number of nitrogens with zero attached hydrogens (tertiary/aromatic N) is 3. The highest BCUT2D eigenvalue weighted by atomic mass is 16.5. The van der Waals surface area contributed by atoms with Gasteiger partial charge in [0, 0.05) is 18.2 Å². The van der Waals surface area contributed by atoms with Crippen LogP contribution in [0.4, 0.5) is 5.82 Å². The number of aromatic nitrogens is 3. The molecule has 0 bridgehead atoms. The normalized spacial score (nSPS) is 26.0. The summed E-state index contributed by atoms with van der Waals surface area (Å²) in [6.07, 6.45) is 0.807. The first-order valence-corrected chi connectivity index (χ1v) is 6.59. The molecule has 2 aromatic heterocycles. The Morgan fingerprint density at radius 1 is 1.43 bits per heavy atom. The van der Waals surface area contributed by atoms with Gasteiger partial charge in [0.25, 0.3) is 0 Å². The van der Waals surface area contributed by atoms with Crippen LogP contribution in [0.2, 0.25) is 0 Å². The maximum Gasteiger partial charge on any atom is 0.147 e. The Labute approximate surface area is 120 Å². The highest BCUT2D eigenvalue weighted by Gasteiger charge is 2.35. The van der Waals surface area contributed by atoms with E-state index in [9.17, 15) is 10.2 Å². The van der Waals surface area contributed by atoms with Crippen LogP contribution in [0, 0.1) is 0 Å². The van der Waals surface area contributed by atoms with Gasteiger partial charge < -0.3 is 36.7 Å². The van der Waals surface area contributed by atoms with Crippen LogP contribution < -0.4 is 17.2 Å². The van der Waals surface area contributed by atoms with E-state index in [-0.39, 0.29) is 12.4 Å². The minimum Gasteiger partial charge on any atom is -0.394 e. The number of aliphatic hydroxyl groups is 2. The van der Waals surface area contributed by atoms with Crippen molar-refractivity contribution in [1.82, 2.24) is 14.5 Å². The van der Waals surface area contributed by atoms with Crippen molar-refractivity contribution in [2.75, 3.05) is 12.3 Å². The van der Waals surface area contributed by atoms with E-state index < -0.39 is 24.6 Å². The minimum atomic E-state index is -0.744. The average molecular weight is 294 g/mol. The van der Waals surface area contributed by atoms with Crippen LogP contribution in [0.5, 0.6) is 0 Å². The predicted molar refractivity (Wildman–Crippen MR) is 74.7 cm³/mol. The highest BCUT2D eigenvalue weighted by molar-refractivity contribution is 5.90. The lowest BCUT2D eigenvalue weighted by Crippen LogP contribution is -2.24. The quantitative estimate of drug-likeness (QED) is 0.431. The third-order valence-corrected chi connectivity index (χ3v) is 3.72. The molecule has 8 N–H and O–H groups in total. The fourth-order valence-electron chi connectivity index (χ4n) is 2.66. The monoisotopic (exact) mass is 294 g/mol. The van der Waals surface area contributed by atoms with E-state index in [0.29, 0.717) is 23.0 Å². The molecule has 9 heteroatoms. The number of nitrogen functional groups attached to an aromatic ring is 1. The van der Waals surface area contributed by atoms with Gasteiger partial charge in [0.15, 0.2) is 0 Å². The zero-order chi connectivity index (χ0) is 15.1. The van der Waals surface area contributed by atoms with Gasteiger partial charge in [-0.3, -0.25) is 0 Å². The number of nitrogens with two attached hydrogens (primary N) is 3. The van der Waals surface area contributed by atoms with Crippen molar-refractivity contribution in [1.29, 1.82) is 0 Å². The summed E-state index contributed by atoms with van der Waals surface area (Å²) < 4.78 is 7.35. The van der Waals surface area contributed by atoms with Crippen molar-refractivity contribution in [3.63, 3.8) is 0 Å². The molecule has 0 radical (unpaired) electrons.